The Bertz CT molecular complexity index is 752. The van der Waals surface area contributed by atoms with Crippen molar-refractivity contribution in [1.29, 1.82) is 0 Å². The topological polar surface area (TPSA) is 0 Å². The molecule has 1 unspecified atom stereocenters. The molecular formula is C20H22F4S2. The molecule has 2 aromatic carbocycles. The maximum atomic E-state index is 14.2. The molecule has 0 aliphatic rings. The molecule has 0 saturated heterocycles. The molecule has 0 aliphatic carbocycles. The first kappa shape index (κ1) is 21.2. The van der Waals surface area contributed by atoms with Crippen LogP contribution in [0.3, 0.4) is 0 Å². The van der Waals surface area contributed by atoms with E-state index in [1.807, 2.05) is 0 Å². The van der Waals surface area contributed by atoms with Gasteiger partial charge in [-0.1, -0.05) is 20.8 Å². The van der Waals surface area contributed by atoms with E-state index in [2.05, 4.69) is 0 Å². The van der Waals surface area contributed by atoms with Crippen molar-refractivity contribution < 1.29 is 17.6 Å². The van der Waals surface area contributed by atoms with Crippen LogP contribution in [0.4, 0.5) is 17.6 Å². The van der Waals surface area contributed by atoms with E-state index in [4.69, 9.17) is 0 Å². The van der Waals surface area contributed by atoms with E-state index in [1.165, 1.54) is 36.0 Å². The van der Waals surface area contributed by atoms with Gasteiger partial charge in [0.2, 0.25) is 0 Å². The average molecular weight is 403 g/mol. The van der Waals surface area contributed by atoms with Gasteiger partial charge in [0.25, 0.3) is 0 Å². The van der Waals surface area contributed by atoms with Crippen molar-refractivity contribution >= 4 is 23.5 Å². The maximum absolute atomic E-state index is 14.2. The van der Waals surface area contributed by atoms with Crippen LogP contribution < -0.4 is 0 Å². The van der Waals surface area contributed by atoms with Crippen LogP contribution in [0.25, 0.3) is 0 Å². The second kappa shape index (κ2) is 9.18. The Kier molecular flexibility index (Phi) is 7.47. The van der Waals surface area contributed by atoms with Gasteiger partial charge in [-0.2, -0.15) is 0 Å². The summed E-state index contributed by atoms with van der Waals surface area (Å²) in [7, 11) is 0. The van der Waals surface area contributed by atoms with E-state index < -0.39 is 23.3 Å². The first-order valence-electron chi connectivity index (χ1n) is 8.39. The minimum absolute atomic E-state index is 0.0465. The van der Waals surface area contributed by atoms with Crippen LogP contribution in [-0.2, 0) is 0 Å². The van der Waals surface area contributed by atoms with Crippen LogP contribution >= 0.6 is 23.5 Å². The predicted octanol–water partition coefficient (Wildman–Crippen LogP) is 7.37. The van der Waals surface area contributed by atoms with E-state index in [0.717, 1.165) is 11.8 Å². The molecule has 2 rings (SSSR count). The van der Waals surface area contributed by atoms with Gasteiger partial charge in [0.05, 0.1) is 0 Å². The summed E-state index contributed by atoms with van der Waals surface area (Å²) in [4.78, 5) is 0.755. The summed E-state index contributed by atoms with van der Waals surface area (Å²) in [5.74, 6) is -2.05. The molecule has 0 saturated carbocycles. The second-order valence-electron chi connectivity index (χ2n) is 6.50. The molecule has 1 atom stereocenters. The molecule has 0 N–H and O–H groups in total. The number of benzene rings is 2. The molecule has 6 heteroatoms. The van der Waals surface area contributed by atoms with E-state index in [1.54, 1.807) is 27.0 Å². The summed E-state index contributed by atoms with van der Waals surface area (Å²) in [5.41, 5.74) is 0.392. The minimum atomic E-state index is -0.564. The van der Waals surface area contributed by atoms with Crippen LogP contribution in [0.15, 0.2) is 34.1 Å². The van der Waals surface area contributed by atoms with Gasteiger partial charge in [-0.3, -0.25) is 0 Å². The van der Waals surface area contributed by atoms with Crippen molar-refractivity contribution in [3.8, 4) is 0 Å². The van der Waals surface area contributed by atoms with E-state index >= 15 is 0 Å². The molecule has 0 amide bonds. The fourth-order valence-corrected chi connectivity index (χ4v) is 4.25. The van der Waals surface area contributed by atoms with Crippen LogP contribution in [-0.4, -0.2) is 12.0 Å². The standard InChI is InChI=1S/C20H22F4S2/c1-11(2)14-9-16(22)19(10-15(14)21)26-6-5-12(3)20-17(23)7-13(25-4)8-18(20)24/h7-12H,5-6H2,1-4H3. The van der Waals surface area contributed by atoms with Gasteiger partial charge >= 0.3 is 0 Å². The molecule has 0 aromatic heterocycles. The molecule has 0 fully saturated rings. The van der Waals surface area contributed by atoms with Crippen molar-refractivity contribution in [3.63, 3.8) is 0 Å². The van der Waals surface area contributed by atoms with E-state index in [-0.39, 0.29) is 22.3 Å². The molecular weight excluding hydrogens is 380 g/mol. The third-order valence-electron chi connectivity index (χ3n) is 4.26. The zero-order valence-corrected chi connectivity index (χ0v) is 16.8. The van der Waals surface area contributed by atoms with Gasteiger partial charge in [0.1, 0.15) is 23.3 Å². The predicted molar refractivity (Wildman–Crippen MR) is 102 cm³/mol. The Morgan fingerprint density at radius 2 is 1.46 bits per heavy atom. The minimum Gasteiger partial charge on any atom is -0.207 e. The molecule has 26 heavy (non-hydrogen) atoms. The summed E-state index contributed by atoms with van der Waals surface area (Å²) in [6.07, 6.45) is 2.20. The van der Waals surface area contributed by atoms with Gasteiger partial charge in [0.15, 0.2) is 0 Å². The lowest BCUT2D eigenvalue weighted by molar-refractivity contribution is 0.524. The number of thioether (sulfide) groups is 2. The maximum Gasteiger partial charge on any atom is 0.137 e. The third-order valence-corrected chi connectivity index (χ3v) is 6.03. The monoisotopic (exact) mass is 402 g/mol. The Hall–Kier alpha value is -1.14. The highest BCUT2D eigenvalue weighted by atomic mass is 32.2. The molecule has 0 nitrogen and oxygen atoms in total. The quantitative estimate of drug-likeness (QED) is 0.350. The third kappa shape index (κ3) is 4.97. The highest BCUT2D eigenvalue weighted by Crippen LogP contribution is 2.33. The first-order chi connectivity index (χ1) is 12.2. The fraction of sp³-hybridized carbons (Fsp3) is 0.400. The molecule has 0 aliphatic heterocycles. The van der Waals surface area contributed by atoms with Crippen molar-refractivity contribution in [1.82, 2.24) is 0 Å². The Morgan fingerprint density at radius 1 is 0.846 bits per heavy atom. The highest BCUT2D eigenvalue weighted by molar-refractivity contribution is 7.99. The van der Waals surface area contributed by atoms with Crippen LogP contribution in [0, 0.1) is 23.3 Å². The number of hydrogen-bond acceptors (Lipinski definition) is 2. The molecule has 2 aromatic rings. The normalized spacial score (nSPS) is 12.7. The lowest BCUT2D eigenvalue weighted by Gasteiger charge is -2.15. The van der Waals surface area contributed by atoms with Crippen molar-refractivity contribution in [2.75, 3.05) is 12.0 Å². The Morgan fingerprint density at radius 3 is 2.00 bits per heavy atom. The first-order valence-corrected chi connectivity index (χ1v) is 10.6. The summed E-state index contributed by atoms with van der Waals surface area (Å²) >= 11 is 2.44. The molecule has 0 spiro atoms. The lowest BCUT2D eigenvalue weighted by atomic mass is 9.97. The molecule has 142 valence electrons. The Balaban J connectivity index is 2.05. The van der Waals surface area contributed by atoms with Gasteiger partial charge in [0, 0.05) is 15.4 Å². The zero-order chi connectivity index (χ0) is 19.4. The smallest absolute Gasteiger partial charge is 0.137 e. The van der Waals surface area contributed by atoms with Crippen molar-refractivity contribution in [2.24, 2.45) is 0 Å². The summed E-state index contributed by atoms with van der Waals surface area (Å²) in [5, 5.41) is 0. The van der Waals surface area contributed by atoms with Gasteiger partial charge < -0.3 is 0 Å². The molecule has 0 bridgehead atoms. The van der Waals surface area contributed by atoms with Gasteiger partial charge in [-0.15, -0.1) is 23.5 Å². The second-order valence-corrected chi connectivity index (χ2v) is 8.52. The molecule has 0 radical (unpaired) electrons. The fourth-order valence-electron chi connectivity index (χ4n) is 2.74. The van der Waals surface area contributed by atoms with Crippen LogP contribution in [0.2, 0.25) is 0 Å². The molecule has 0 heterocycles. The summed E-state index contributed by atoms with van der Waals surface area (Å²) in [6, 6.07) is 5.08. The number of rotatable bonds is 7. The van der Waals surface area contributed by atoms with E-state index in [9.17, 15) is 17.6 Å². The number of halogens is 4. The summed E-state index contributed by atoms with van der Waals surface area (Å²) in [6.45, 7) is 5.34. The number of hydrogen-bond donors (Lipinski definition) is 0. The lowest BCUT2D eigenvalue weighted by Crippen LogP contribution is -2.03. The van der Waals surface area contributed by atoms with Gasteiger partial charge in [-0.25, -0.2) is 17.6 Å². The highest BCUT2D eigenvalue weighted by Gasteiger charge is 2.18. The van der Waals surface area contributed by atoms with E-state index in [0.29, 0.717) is 22.6 Å². The van der Waals surface area contributed by atoms with Crippen molar-refractivity contribution in [3.05, 3.63) is 58.7 Å². The largest absolute Gasteiger partial charge is 0.207 e. The van der Waals surface area contributed by atoms with Crippen molar-refractivity contribution in [2.45, 2.75) is 48.8 Å². The summed E-state index contributed by atoms with van der Waals surface area (Å²) < 4.78 is 56.5. The van der Waals surface area contributed by atoms with Crippen LogP contribution in [0.5, 0.6) is 0 Å². The SMILES string of the molecule is CSc1cc(F)c(C(C)CCSc2cc(F)c(C(C)C)cc2F)c(F)c1. The van der Waals surface area contributed by atoms with Crippen LogP contribution in [0.1, 0.15) is 50.2 Å². The Labute approximate surface area is 160 Å². The van der Waals surface area contributed by atoms with Gasteiger partial charge in [-0.05, 0) is 60.1 Å². The average Bonchev–Trinajstić information content (AvgIpc) is 2.56. The zero-order valence-electron chi connectivity index (χ0n) is 15.2.